The van der Waals surface area contributed by atoms with Crippen LogP contribution in [0.25, 0.3) is 10.9 Å². The molecule has 50 heavy (non-hydrogen) atoms. The van der Waals surface area contributed by atoms with E-state index >= 15 is 0 Å². The van der Waals surface area contributed by atoms with Gasteiger partial charge in [-0.15, -0.1) is 0 Å². The van der Waals surface area contributed by atoms with Crippen molar-refractivity contribution in [2.75, 3.05) is 11.9 Å². The van der Waals surface area contributed by atoms with Crippen molar-refractivity contribution in [3.05, 3.63) is 134 Å². The molecule has 1 aliphatic heterocycles. The van der Waals surface area contributed by atoms with Gasteiger partial charge in [-0.1, -0.05) is 77.8 Å². The normalized spacial score (nSPS) is 11.4. The number of benzene rings is 4. The second-order valence-electron chi connectivity index (χ2n) is 11.3. The number of halogens is 2. The van der Waals surface area contributed by atoms with Crippen LogP contribution in [0, 0.1) is 13.8 Å². The molecule has 0 radical (unpaired) electrons. The predicted molar refractivity (Wildman–Crippen MR) is 190 cm³/mol. The number of anilines is 1. The minimum absolute atomic E-state index is 0.109. The molecule has 0 unspecified atom stereocenters. The van der Waals surface area contributed by atoms with Crippen LogP contribution in [0.1, 0.15) is 55.6 Å². The zero-order valence-corrected chi connectivity index (χ0v) is 28.8. The summed E-state index contributed by atoms with van der Waals surface area (Å²) in [7, 11) is 0. The number of aromatic carboxylic acids is 1. The Labute approximate surface area is 297 Å². The highest BCUT2D eigenvalue weighted by molar-refractivity contribution is 6.51. The molecule has 10 nitrogen and oxygen atoms in total. The van der Waals surface area contributed by atoms with Gasteiger partial charge < -0.3 is 20.3 Å². The number of pyridine rings is 1. The van der Waals surface area contributed by atoms with E-state index < -0.39 is 23.6 Å². The van der Waals surface area contributed by atoms with Gasteiger partial charge in [0, 0.05) is 35.2 Å². The van der Waals surface area contributed by atoms with Crippen molar-refractivity contribution in [2.45, 2.75) is 33.6 Å². The number of hydrogen-bond donors (Lipinski definition) is 3. The number of aromatic hydroxyl groups is 1. The minimum Gasteiger partial charge on any atom is -0.505 e. The molecular formula is C38H32Cl2N2O8. The number of para-hydroxylation sites is 2. The molecule has 4 aromatic carbocycles. The lowest BCUT2D eigenvalue weighted by atomic mass is 10.0. The van der Waals surface area contributed by atoms with Crippen LogP contribution in [0.5, 0.6) is 5.75 Å². The zero-order chi connectivity index (χ0) is 36.5. The van der Waals surface area contributed by atoms with E-state index in [0.29, 0.717) is 44.3 Å². The second kappa shape index (κ2) is 16.7. The third kappa shape index (κ3) is 9.52. The summed E-state index contributed by atoms with van der Waals surface area (Å²) < 4.78 is 4.59. The van der Waals surface area contributed by atoms with Gasteiger partial charge in [0.1, 0.15) is 12.2 Å². The van der Waals surface area contributed by atoms with E-state index in [4.69, 9.17) is 23.2 Å². The molecule has 0 bridgehead atoms. The van der Waals surface area contributed by atoms with Crippen LogP contribution in [0.2, 0.25) is 10.0 Å². The van der Waals surface area contributed by atoms with Gasteiger partial charge in [0.2, 0.25) is 0 Å². The molecule has 2 heterocycles. The molecule has 0 atom stereocenters. The molecule has 1 aliphatic rings. The molecular weight excluding hydrogens is 683 g/mol. The smallest absolute Gasteiger partial charge is 0.340 e. The number of hydrogen-bond acceptors (Lipinski definition) is 8. The fourth-order valence-corrected chi connectivity index (χ4v) is 5.23. The van der Waals surface area contributed by atoms with Crippen molar-refractivity contribution in [1.82, 2.24) is 4.98 Å². The summed E-state index contributed by atoms with van der Waals surface area (Å²) in [5.74, 6) is -3.00. The van der Waals surface area contributed by atoms with Crippen molar-refractivity contribution < 1.29 is 38.9 Å². The summed E-state index contributed by atoms with van der Waals surface area (Å²) in [5.41, 5.74) is 5.50. The Morgan fingerprint density at radius 1 is 0.820 bits per heavy atom. The number of esters is 1. The van der Waals surface area contributed by atoms with Crippen LogP contribution in [0.15, 0.2) is 84.9 Å². The molecule has 12 heteroatoms. The molecule has 0 aliphatic carbocycles. The largest absolute Gasteiger partial charge is 0.505 e. The molecule has 0 fully saturated rings. The van der Waals surface area contributed by atoms with E-state index in [1.54, 1.807) is 60.7 Å². The Balaban J connectivity index is 0.000000180. The average molecular weight is 716 g/mol. The zero-order valence-electron chi connectivity index (χ0n) is 27.3. The molecule has 0 saturated heterocycles. The summed E-state index contributed by atoms with van der Waals surface area (Å²) in [6.07, 6.45) is 0.581. The van der Waals surface area contributed by atoms with Crippen LogP contribution in [0.4, 0.5) is 5.69 Å². The molecule has 256 valence electrons. The van der Waals surface area contributed by atoms with Crippen molar-refractivity contribution >= 4 is 69.2 Å². The van der Waals surface area contributed by atoms with Crippen molar-refractivity contribution in [1.29, 1.82) is 0 Å². The number of rotatable bonds is 7. The number of Topliss-reactive ketones (excluding diaryl/α,β-unsaturated/α-hetero) is 2. The van der Waals surface area contributed by atoms with Gasteiger partial charge in [0.15, 0.2) is 11.5 Å². The third-order valence-corrected chi connectivity index (χ3v) is 7.98. The maximum Gasteiger partial charge on any atom is 0.340 e. The SMILES string of the molecule is CC(=O)OCC(=O)Cc1ccc(Cl)cc1.Cc1cccc2c(C(=O)O)c(O)c(Cc3ccc(Cl)cc3)nc12.Cc1cccc2c1NC(=O)C2=O. The van der Waals surface area contributed by atoms with Crippen molar-refractivity contribution in [3.63, 3.8) is 0 Å². The number of carboxylic acid groups (broad SMARTS) is 1. The second-order valence-corrected chi connectivity index (χ2v) is 12.1. The van der Waals surface area contributed by atoms with Crippen LogP contribution < -0.4 is 5.32 Å². The number of carboxylic acids is 1. The van der Waals surface area contributed by atoms with E-state index in [-0.39, 0.29) is 30.1 Å². The Hall–Kier alpha value is -5.58. The molecule has 1 amide bonds. The number of amides is 1. The summed E-state index contributed by atoms with van der Waals surface area (Å²) in [6, 6.07) is 24.7. The first kappa shape index (κ1) is 37.2. The first-order valence-electron chi connectivity index (χ1n) is 15.2. The number of fused-ring (bicyclic) bond motifs is 2. The topological polar surface area (TPSA) is 160 Å². The van der Waals surface area contributed by atoms with Crippen LogP contribution in [0.3, 0.4) is 0 Å². The molecule has 3 N–H and O–H groups in total. The monoisotopic (exact) mass is 714 g/mol. The summed E-state index contributed by atoms with van der Waals surface area (Å²) in [5, 5.41) is 24.1. The standard InChI is InChI=1S/C18H14ClNO3.C11H11ClO3.C9H7NO2/c1-10-3-2-4-13-15(18(22)23)17(21)14(20-16(10)13)9-11-5-7-12(19)8-6-11;1-8(13)15-7-11(14)6-9-2-4-10(12)5-3-9;1-5-3-2-4-6-7(5)10-9(12)8(6)11/h2-8,21H,9H2,1H3,(H,22,23);2-5H,6-7H2,1H3;2-4H,1H3,(H,10,11,12). The van der Waals surface area contributed by atoms with Crippen LogP contribution in [-0.4, -0.2) is 51.2 Å². The highest BCUT2D eigenvalue weighted by atomic mass is 35.5. The Morgan fingerprint density at radius 2 is 1.40 bits per heavy atom. The van der Waals surface area contributed by atoms with Gasteiger partial charge in [-0.25, -0.2) is 9.78 Å². The summed E-state index contributed by atoms with van der Waals surface area (Å²) in [6.45, 7) is 4.83. The summed E-state index contributed by atoms with van der Waals surface area (Å²) >= 11 is 11.6. The number of nitrogens with one attached hydrogen (secondary N) is 1. The van der Waals surface area contributed by atoms with Crippen LogP contribution >= 0.6 is 23.2 Å². The number of aromatic nitrogens is 1. The Morgan fingerprint density at radius 3 is 1.98 bits per heavy atom. The van der Waals surface area contributed by atoms with Gasteiger partial charge >= 0.3 is 11.9 Å². The van der Waals surface area contributed by atoms with Crippen molar-refractivity contribution in [3.8, 4) is 5.75 Å². The Kier molecular flexibility index (Phi) is 12.4. The maximum absolute atomic E-state index is 11.6. The highest BCUT2D eigenvalue weighted by Gasteiger charge is 2.28. The minimum atomic E-state index is -1.17. The first-order chi connectivity index (χ1) is 23.7. The molecule has 0 saturated carbocycles. The van der Waals surface area contributed by atoms with E-state index in [1.807, 2.05) is 38.1 Å². The van der Waals surface area contributed by atoms with Gasteiger partial charge in [0.25, 0.3) is 11.7 Å². The predicted octanol–water partition coefficient (Wildman–Crippen LogP) is 7.34. The number of aryl methyl sites for hydroxylation is 2. The van der Waals surface area contributed by atoms with E-state index in [0.717, 1.165) is 22.3 Å². The van der Waals surface area contributed by atoms with Gasteiger partial charge in [-0.3, -0.25) is 19.2 Å². The molecule has 0 spiro atoms. The lowest BCUT2D eigenvalue weighted by Gasteiger charge is -2.12. The first-order valence-corrected chi connectivity index (χ1v) is 15.9. The van der Waals surface area contributed by atoms with Crippen molar-refractivity contribution in [2.24, 2.45) is 0 Å². The van der Waals surface area contributed by atoms with E-state index in [2.05, 4.69) is 15.0 Å². The van der Waals surface area contributed by atoms with E-state index in [1.165, 1.54) is 6.92 Å². The molecule has 6 rings (SSSR count). The lowest BCUT2D eigenvalue weighted by molar-refractivity contribution is -0.145. The lowest BCUT2D eigenvalue weighted by Crippen LogP contribution is -2.13. The van der Waals surface area contributed by atoms with Crippen LogP contribution in [-0.2, 0) is 32.0 Å². The fourth-order valence-electron chi connectivity index (χ4n) is 4.98. The number of carbonyl (C=O) groups excluding carboxylic acids is 4. The third-order valence-electron chi connectivity index (χ3n) is 7.48. The molecule has 5 aromatic rings. The van der Waals surface area contributed by atoms with Gasteiger partial charge in [0.05, 0.1) is 22.5 Å². The maximum atomic E-state index is 11.6. The quantitative estimate of drug-likeness (QED) is 0.116. The fraction of sp³-hybridized carbons (Fsp3) is 0.158. The van der Waals surface area contributed by atoms with E-state index in [9.17, 15) is 34.2 Å². The van der Waals surface area contributed by atoms with Gasteiger partial charge in [-0.05, 0) is 66.4 Å². The Bertz CT molecular complexity index is 2100. The number of nitrogens with zero attached hydrogens (tertiary/aromatic N) is 1. The number of ketones is 2. The average Bonchev–Trinajstić information content (AvgIpc) is 3.37. The summed E-state index contributed by atoms with van der Waals surface area (Å²) in [4.78, 5) is 59.9. The highest BCUT2D eigenvalue weighted by Crippen LogP contribution is 2.32. The molecule has 1 aromatic heterocycles. The number of carbonyl (C=O) groups is 5. The number of ether oxygens (including phenoxy) is 1. The van der Waals surface area contributed by atoms with Gasteiger partial charge in [-0.2, -0.15) is 0 Å².